The first-order valence-electron chi connectivity index (χ1n) is 7.17. The molecule has 3 N–H and O–H groups in total. The molecule has 0 aromatic carbocycles. The topological polar surface area (TPSA) is 73.6 Å². The Bertz CT molecular complexity index is 328. The molecule has 0 spiro atoms. The summed E-state index contributed by atoms with van der Waals surface area (Å²) in [6.07, 6.45) is 3.64. The molecule has 2 fully saturated rings. The molecule has 2 unspecified atom stereocenters. The molecule has 1 saturated heterocycles. The van der Waals surface area contributed by atoms with Gasteiger partial charge in [0, 0.05) is 12.6 Å². The second-order valence-electron chi connectivity index (χ2n) is 6.79. The zero-order valence-electron chi connectivity index (χ0n) is 12.2. The molecule has 0 aromatic heterocycles. The van der Waals surface area contributed by atoms with Gasteiger partial charge in [-0.05, 0) is 52.4 Å². The summed E-state index contributed by atoms with van der Waals surface area (Å²) in [7, 11) is 0. The van der Waals surface area contributed by atoms with Crippen molar-refractivity contribution >= 4 is 6.09 Å². The molecule has 2 rings (SSSR count). The van der Waals surface area contributed by atoms with Crippen LogP contribution in [-0.2, 0) is 9.47 Å². The van der Waals surface area contributed by atoms with Crippen LogP contribution in [0.15, 0.2) is 0 Å². The summed E-state index contributed by atoms with van der Waals surface area (Å²) in [5.41, 5.74) is 5.61. The van der Waals surface area contributed by atoms with Gasteiger partial charge in [0.1, 0.15) is 5.60 Å². The number of ether oxygens (including phenoxy) is 2. The van der Waals surface area contributed by atoms with E-state index in [-0.39, 0.29) is 17.7 Å². The van der Waals surface area contributed by atoms with Crippen LogP contribution in [0.5, 0.6) is 0 Å². The van der Waals surface area contributed by atoms with Gasteiger partial charge in [0.15, 0.2) is 0 Å². The molecule has 110 valence electrons. The lowest BCUT2D eigenvalue weighted by molar-refractivity contribution is 0.0298. The van der Waals surface area contributed by atoms with E-state index in [0.717, 1.165) is 32.3 Å². The Morgan fingerprint density at radius 3 is 2.63 bits per heavy atom. The third-order valence-corrected chi connectivity index (χ3v) is 3.88. The minimum absolute atomic E-state index is 0.0414. The maximum atomic E-state index is 11.9. The molecule has 1 saturated carbocycles. The smallest absolute Gasteiger partial charge is 0.408 e. The summed E-state index contributed by atoms with van der Waals surface area (Å²) < 4.78 is 10.8. The van der Waals surface area contributed by atoms with Gasteiger partial charge in [-0.25, -0.2) is 4.79 Å². The molecule has 2 aliphatic rings. The van der Waals surface area contributed by atoms with Gasteiger partial charge < -0.3 is 20.5 Å². The van der Waals surface area contributed by atoms with Crippen molar-refractivity contribution in [3.63, 3.8) is 0 Å². The molecule has 0 radical (unpaired) electrons. The van der Waals surface area contributed by atoms with Crippen LogP contribution in [0.4, 0.5) is 4.79 Å². The average molecular weight is 270 g/mol. The number of nitrogens with two attached hydrogens (primary N) is 1. The maximum Gasteiger partial charge on any atom is 0.408 e. The first kappa shape index (κ1) is 14.6. The van der Waals surface area contributed by atoms with Crippen LogP contribution in [-0.4, -0.2) is 36.5 Å². The largest absolute Gasteiger partial charge is 0.444 e. The Balaban J connectivity index is 1.89. The van der Waals surface area contributed by atoms with Crippen LogP contribution in [0.3, 0.4) is 0 Å². The molecule has 1 aliphatic heterocycles. The van der Waals surface area contributed by atoms with Crippen molar-refractivity contribution in [2.75, 3.05) is 13.2 Å². The molecule has 1 amide bonds. The molecule has 1 heterocycles. The lowest BCUT2D eigenvalue weighted by Gasteiger charge is -2.34. The minimum atomic E-state index is -0.474. The second-order valence-corrected chi connectivity index (χ2v) is 6.79. The van der Waals surface area contributed by atoms with Crippen LogP contribution in [0.25, 0.3) is 0 Å². The highest BCUT2D eigenvalue weighted by molar-refractivity contribution is 5.69. The number of alkyl carbamates (subject to hydrolysis) is 1. The first-order valence-corrected chi connectivity index (χ1v) is 7.17. The Morgan fingerprint density at radius 1 is 1.47 bits per heavy atom. The summed E-state index contributed by atoms with van der Waals surface area (Å²) >= 11 is 0. The second kappa shape index (κ2) is 5.29. The zero-order valence-corrected chi connectivity index (χ0v) is 12.2. The Hall–Kier alpha value is -0.810. The van der Waals surface area contributed by atoms with Crippen LogP contribution in [0.2, 0.25) is 0 Å². The van der Waals surface area contributed by atoms with Crippen molar-refractivity contribution in [1.29, 1.82) is 0 Å². The highest BCUT2D eigenvalue weighted by Gasteiger charge is 2.52. The van der Waals surface area contributed by atoms with Gasteiger partial charge in [-0.3, -0.25) is 0 Å². The van der Waals surface area contributed by atoms with E-state index in [1.54, 1.807) is 0 Å². The third kappa shape index (κ3) is 3.83. The van der Waals surface area contributed by atoms with Crippen molar-refractivity contribution in [2.45, 2.75) is 63.6 Å². The van der Waals surface area contributed by atoms with Gasteiger partial charge in [-0.1, -0.05) is 0 Å². The molecule has 1 aliphatic carbocycles. The standard InChI is InChI=1S/C14H26N2O3/c1-13(2,3)19-12(17)16-14(6-7-14)11(15)10-5-4-8-18-9-10/h10-11H,4-9,15H2,1-3H3,(H,16,17). The fourth-order valence-corrected chi connectivity index (χ4v) is 2.68. The minimum Gasteiger partial charge on any atom is -0.444 e. The van der Waals surface area contributed by atoms with E-state index < -0.39 is 5.60 Å². The molecule has 19 heavy (non-hydrogen) atoms. The number of carbonyl (C=O) groups excluding carboxylic acids is 1. The van der Waals surface area contributed by atoms with Crippen LogP contribution >= 0.6 is 0 Å². The van der Waals surface area contributed by atoms with Crippen molar-refractivity contribution in [3.8, 4) is 0 Å². The SMILES string of the molecule is CC(C)(C)OC(=O)NC1(C(N)C2CCCOC2)CC1. The Labute approximate surface area is 115 Å². The zero-order chi connectivity index (χ0) is 14.1. The molecule has 5 heteroatoms. The maximum absolute atomic E-state index is 11.9. The van der Waals surface area contributed by atoms with E-state index in [0.29, 0.717) is 12.5 Å². The summed E-state index contributed by atoms with van der Waals surface area (Å²) in [6, 6.07) is -0.0414. The predicted octanol–water partition coefficient (Wildman–Crippen LogP) is 1.80. The molecular formula is C14H26N2O3. The fraction of sp³-hybridized carbons (Fsp3) is 0.929. The van der Waals surface area contributed by atoms with Gasteiger partial charge in [0.2, 0.25) is 0 Å². The van der Waals surface area contributed by atoms with Crippen LogP contribution in [0, 0.1) is 5.92 Å². The monoisotopic (exact) mass is 270 g/mol. The summed E-state index contributed by atoms with van der Waals surface area (Å²) in [4.78, 5) is 11.9. The summed E-state index contributed by atoms with van der Waals surface area (Å²) in [5, 5.41) is 2.98. The Morgan fingerprint density at radius 2 is 2.16 bits per heavy atom. The van der Waals surface area contributed by atoms with Crippen LogP contribution < -0.4 is 11.1 Å². The third-order valence-electron chi connectivity index (χ3n) is 3.88. The number of rotatable bonds is 3. The Kier molecular flexibility index (Phi) is 4.06. The lowest BCUT2D eigenvalue weighted by atomic mass is 9.88. The summed E-state index contributed by atoms with van der Waals surface area (Å²) in [6.45, 7) is 7.12. The number of hydrogen-bond donors (Lipinski definition) is 2. The lowest BCUT2D eigenvalue weighted by Crippen LogP contribution is -2.55. The van der Waals surface area contributed by atoms with E-state index in [9.17, 15) is 4.79 Å². The van der Waals surface area contributed by atoms with Gasteiger partial charge >= 0.3 is 6.09 Å². The molecule has 2 atom stereocenters. The number of carbonyl (C=O) groups is 1. The molecular weight excluding hydrogens is 244 g/mol. The highest BCUT2D eigenvalue weighted by atomic mass is 16.6. The van der Waals surface area contributed by atoms with Gasteiger partial charge in [-0.2, -0.15) is 0 Å². The highest BCUT2D eigenvalue weighted by Crippen LogP contribution is 2.42. The van der Waals surface area contributed by atoms with E-state index in [1.807, 2.05) is 20.8 Å². The van der Waals surface area contributed by atoms with Crippen molar-refractivity contribution in [3.05, 3.63) is 0 Å². The first-order chi connectivity index (χ1) is 8.82. The molecule has 0 aromatic rings. The van der Waals surface area contributed by atoms with E-state index in [1.165, 1.54) is 0 Å². The normalized spacial score (nSPS) is 27.5. The van der Waals surface area contributed by atoms with Crippen molar-refractivity contribution in [1.82, 2.24) is 5.32 Å². The van der Waals surface area contributed by atoms with Gasteiger partial charge in [-0.15, -0.1) is 0 Å². The number of hydrogen-bond acceptors (Lipinski definition) is 4. The fourth-order valence-electron chi connectivity index (χ4n) is 2.68. The van der Waals surface area contributed by atoms with Gasteiger partial charge in [0.25, 0.3) is 0 Å². The quantitative estimate of drug-likeness (QED) is 0.820. The summed E-state index contributed by atoms with van der Waals surface area (Å²) in [5.74, 6) is 0.339. The van der Waals surface area contributed by atoms with Crippen molar-refractivity contribution < 1.29 is 14.3 Å². The number of amides is 1. The predicted molar refractivity (Wildman–Crippen MR) is 72.9 cm³/mol. The average Bonchev–Trinajstić information content (AvgIpc) is 3.07. The number of nitrogens with one attached hydrogen (secondary N) is 1. The molecule has 5 nitrogen and oxygen atoms in total. The van der Waals surface area contributed by atoms with E-state index >= 15 is 0 Å². The van der Waals surface area contributed by atoms with E-state index in [2.05, 4.69) is 5.32 Å². The van der Waals surface area contributed by atoms with Crippen molar-refractivity contribution in [2.24, 2.45) is 11.7 Å². The van der Waals surface area contributed by atoms with Gasteiger partial charge in [0.05, 0.1) is 12.1 Å². The molecule has 0 bridgehead atoms. The van der Waals surface area contributed by atoms with E-state index in [4.69, 9.17) is 15.2 Å². The van der Waals surface area contributed by atoms with Crippen LogP contribution in [0.1, 0.15) is 46.5 Å².